The molecule has 0 spiro atoms. The van der Waals surface area contributed by atoms with Crippen LogP contribution in [0.1, 0.15) is 20.3 Å². The van der Waals surface area contributed by atoms with Crippen molar-refractivity contribution in [1.29, 1.82) is 0 Å². The molecule has 0 fully saturated rings. The van der Waals surface area contributed by atoms with Crippen LogP contribution in [-0.2, 0) is 14.3 Å². The van der Waals surface area contributed by atoms with Crippen LogP contribution in [0.4, 0.5) is 0 Å². The third-order valence-electron chi connectivity index (χ3n) is 1.39. The van der Waals surface area contributed by atoms with Crippen LogP contribution in [0.5, 0.6) is 0 Å². The van der Waals surface area contributed by atoms with Gasteiger partial charge in [0, 0.05) is 0 Å². The van der Waals surface area contributed by atoms with Crippen molar-refractivity contribution in [2.45, 2.75) is 20.3 Å². The van der Waals surface area contributed by atoms with E-state index in [-0.39, 0.29) is 18.2 Å². The van der Waals surface area contributed by atoms with Crippen LogP contribution < -0.4 is 11.2 Å². The number of hydrogen-bond donors (Lipinski definition) is 2. The maximum absolute atomic E-state index is 11.1. The summed E-state index contributed by atoms with van der Waals surface area (Å²) in [6, 6.07) is 0. The van der Waals surface area contributed by atoms with E-state index in [1.807, 2.05) is 6.92 Å². The molecule has 0 radical (unpaired) electrons. The van der Waals surface area contributed by atoms with Gasteiger partial charge in [-0.3, -0.25) is 9.59 Å². The summed E-state index contributed by atoms with van der Waals surface area (Å²) in [5.41, 5.74) is 7.67. The van der Waals surface area contributed by atoms with Crippen molar-refractivity contribution in [2.24, 2.45) is 10.8 Å². The second-order valence-corrected chi connectivity index (χ2v) is 4.03. The molecule has 0 saturated carbocycles. The van der Waals surface area contributed by atoms with Gasteiger partial charge in [-0.1, -0.05) is 6.92 Å². The molecule has 0 aromatic rings. The van der Waals surface area contributed by atoms with Gasteiger partial charge in [-0.2, -0.15) is 16.9 Å². The Labute approximate surface area is 99.0 Å². The van der Waals surface area contributed by atoms with Crippen molar-refractivity contribution < 1.29 is 14.3 Å². The van der Waals surface area contributed by atoms with Crippen LogP contribution in [0.15, 0.2) is 5.10 Å². The number of hydrogen-bond acceptors (Lipinski definition) is 5. The predicted octanol–water partition coefficient (Wildman–Crippen LogP) is 0.0811. The maximum Gasteiger partial charge on any atom is 0.313 e. The lowest BCUT2D eigenvalue weighted by molar-refractivity contribution is -0.141. The van der Waals surface area contributed by atoms with Gasteiger partial charge in [0.25, 0.3) is 0 Å². The average Bonchev–Trinajstić information content (AvgIpc) is 2.23. The summed E-state index contributed by atoms with van der Waals surface area (Å²) >= 11 is 1.48. The Balaban J connectivity index is 3.85. The molecule has 7 heteroatoms. The highest BCUT2D eigenvalue weighted by molar-refractivity contribution is 7.99. The number of esters is 1. The van der Waals surface area contributed by atoms with Crippen LogP contribution in [0.25, 0.3) is 0 Å². The Morgan fingerprint density at radius 1 is 1.44 bits per heavy atom. The number of nitrogens with one attached hydrogen (secondary N) is 1. The van der Waals surface area contributed by atoms with Gasteiger partial charge in [0.05, 0.1) is 12.4 Å². The lowest BCUT2D eigenvalue weighted by Gasteiger charge is -2.02. The van der Waals surface area contributed by atoms with Crippen molar-refractivity contribution in [3.05, 3.63) is 0 Å². The standard InChI is InChI=1S/C9H17N3O3S/c1-3-15-9(14)5-7(10)11-12-8(13)6-16-4-2/h3-6H2,1-2H3,(H2,10,11)(H,12,13). The summed E-state index contributed by atoms with van der Waals surface area (Å²) in [5, 5.41) is 3.58. The highest BCUT2D eigenvalue weighted by Gasteiger charge is 2.05. The number of thioether (sulfide) groups is 1. The van der Waals surface area contributed by atoms with Crippen molar-refractivity contribution in [2.75, 3.05) is 18.1 Å². The largest absolute Gasteiger partial charge is 0.466 e. The fourth-order valence-electron chi connectivity index (χ4n) is 0.761. The average molecular weight is 247 g/mol. The van der Waals surface area contributed by atoms with Crippen LogP contribution >= 0.6 is 11.8 Å². The van der Waals surface area contributed by atoms with Crippen molar-refractivity contribution >= 4 is 29.5 Å². The van der Waals surface area contributed by atoms with Gasteiger partial charge >= 0.3 is 5.97 Å². The highest BCUT2D eigenvalue weighted by Crippen LogP contribution is 1.96. The molecule has 0 aliphatic heterocycles. The van der Waals surface area contributed by atoms with Gasteiger partial charge in [-0.25, -0.2) is 5.43 Å². The number of nitrogens with zero attached hydrogens (tertiary/aromatic N) is 1. The van der Waals surface area contributed by atoms with E-state index in [0.717, 1.165) is 5.75 Å². The minimum atomic E-state index is -0.457. The second-order valence-electron chi connectivity index (χ2n) is 2.76. The number of amides is 1. The number of amidine groups is 1. The fourth-order valence-corrected chi connectivity index (χ4v) is 1.21. The molecule has 0 aromatic carbocycles. The molecule has 3 N–H and O–H groups in total. The second kappa shape index (κ2) is 9.02. The van der Waals surface area contributed by atoms with Crippen molar-refractivity contribution in [1.82, 2.24) is 5.43 Å². The lowest BCUT2D eigenvalue weighted by atomic mass is 10.4. The fraction of sp³-hybridized carbons (Fsp3) is 0.667. The first kappa shape index (κ1) is 14.8. The number of hydrazone groups is 1. The molecule has 0 aliphatic rings. The summed E-state index contributed by atoms with van der Waals surface area (Å²) in [5.74, 6) is 0.523. The van der Waals surface area contributed by atoms with E-state index in [1.54, 1.807) is 6.92 Å². The third-order valence-corrected chi connectivity index (χ3v) is 2.27. The molecule has 0 aromatic heterocycles. The zero-order valence-corrected chi connectivity index (χ0v) is 10.3. The Hall–Kier alpha value is -1.24. The van der Waals surface area contributed by atoms with E-state index in [4.69, 9.17) is 5.73 Å². The first-order valence-electron chi connectivity index (χ1n) is 4.94. The molecule has 0 saturated heterocycles. The first-order chi connectivity index (χ1) is 7.60. The quantitative estimate of drug-likeness (QED) is 0.287. The SMILES string of the molecule is CCOC(=O)C/C(N)=N/NC(=O)CSCC. The number of rotatable bonds is 7. The smallest absolute Gasteiger partial charge is 0.313 e. The molecule has 0 rings (SSSR count). The summed E-state index contributed by atoms with van der Waals surface area (Å²) < 4.78 is 4.67. The van der Waals surface area contributed by atoms with Crippen LogP contribution in [0.2, 0.25) is 0 Å². The minimum Gasteiger partial charge on any atom is -0.466 e. The summed E-state index contributed by atoms with van der Waals surface area (Å²) in [6.07, 6.45) is -0.116. The van der Waals surface area contributed by atoms with E-state index in [0.29, 0.717) is 12.4 Å². The molecule has 0 bridgehead atoms. The van der Waals surface area contributed by atoms with Gasteiger partial charge in [-0.05, 0) is 12.7 Å². The Morgan fingerprint density at radius 2 is 2.12 bits per heavy atom. The summed E-state index contributed by atoms with van der Waals surface area (Å²) in [4.78, 5) is 22.1. The molecule has 92 valence electrons. The number of ether oxygens (including phenoxy) is 1. The molecule has 6 nitrogen and oxygen atoms in total. The predicted molar refractivity (Wildman–Crippen MR) is 64.0 cm³/mol. The normalized spacial score (nSPS) is 11.0. The molecule has 0 aliphatic carbocycles. The van der Waals surface area contributed by atoms with E-state index < -0.39 is 5.97 Å². The zero-order valence-electron chi connectivity index (χ0n) is 9.49. The topological polar surface area (TPSA) is 93.8 Å². The Kier molecular flexibility index (Phi) is 8.32. The highest BCUT2D eigenvalue weighted by atomic mass is 32.2. The molecule has 0 atom stereocenters. The van der Waals surface area contributed by atoms with Crippen LogP contribution in [0.3, 0.4) is 0 Å². The van der Waals surface area contributed by atoms with Gasteiger partial charge < -0.3 is 10.5 Å². The minimum absolute atomic E-state index is 0.0355. The van der Waals surface area contributed by atoms with E-state index >= 15 is 0 Å². The maximum atomic E-state index is 11.1. The summed E-state index contributed by atoms with van der Waals surface area (Å²) in [7, 11) is 0. The monoisotopic (exact) mass is 247 g/mol. The molecule has 1 amide bonds. The van der Waals surface area contributed by atoms with Gasteiger partial charge in [0.2, 0.25) is 5.91 Å². The van der Waals surface area contributed by atoms with Crippen molar-refractivity contribution in [3.63, 3.8) is 0 Å². The van der Waals surface area contributed by atoms with Gasteiger partial charge in [-0.15, -0.1) is 0 Å². The summed E-state index contributed by atoms with van der Waals surface area (Å²) in [6.45, 7) is 3.96. The molecular weight excluding hydrogens is 230 g/mol. The molecule has 0 heterocycles. The molecule has 0 unspecified atom stereocenters. The van der Waals surface area contributed by atoms with E-state index in [2.05, 4.69) is 15.3 Å². The van der Waals surface area contributed by atoms with Gasteiger partial charge in [0.1, 0.15) is 12.3 Å². The molecule has 16 heavy (non-hydrogen) atoms. The lowest BCUT2D eigenvalue weighted by Crippen LogP contribution is -2.26. The van der Waals surface area contributed by atoms with Crippen LogP contribution in [-0.4, -0.2) is 35.8 Å². The first-order valence-corrected chi connectivity index (χ1v) is 6.09. The van der Waals surface area contributed by atoms with E-state index in [9.17, 15) is 9.59 Å². The van der Waals surface area contributed by atoms with E-state index in [1.165, 1.54) is 11.8 Å². The molecular formula is C9H17N3O3S. The zero-order chi connectivity index (χ0) is 12.4. The third kappa shape index (κ3) is 8.10. The number of carbonyl (C=O) groups is 2. The Morgan fingerprint density at radius 3 is 2.69 bits per heavy atom. The number of nitrogens with two attached hydrogens (primary N) is 1. The number of carbonyl (C=O) groups excluding carboxylic acids is 2. The Bertz CT molecular complexity index is 269. The van der Waals surface area contributed by atoms with Crippen LogP contribution in [0, 0.1) is 0 Å². The van der Waals surface area contributed by atoms with Gasteiger partial charge in [0.15, 0.2) is 0 Å². The van der Waals surface area contributed by atoms with Crippen molar-refractivity contribution in [3.8, 4) is 0 Å².